The molecule has 0 spiro atoms. The number of benzene rings is 10. The van der Waals surface area contributed by atoms with Crippen molar-refractivity contribution in [3.63, 3.8) is 0 Å². The molecule has 0 amide bonds. The molecule has 0 fully saturated rings. The molecule has 4 aliphatic rings. The van der Waals surface area contributed by atoms with Crippen molar-refractivity contribution in [2.75, 3.05) is 0 Å². The van der Waals surface area contributed by atoms with Crippen LogP contribution in [0, 0.1) is 0 Å². The smallest absolute Gasteiger partial charge is 0.0622 e. The van der Waals surface area contributed by atoms with Crippen LogP contribution < -0.4 is 0 Å². The molecule has 0 aromatic heterocycles. The van der Waals surface area contributed by atoms with Crippen LogP contribution in [-0.2, 0) is 24.7 Å². The molecule has 0 N–H and O–H groups in total. The van der Waals surface area contributed by atoms with Crippen molar-refractivity contribution in [1.82, 2.24) is 0 Å². The zero-order valence-corrected chi connectivity index (χ0v) is 35.6. The van der Waals surface area contributed by atoms with Crippen molar-refractivity contribution in [3.8, 4) is 66.8 Å². The zero-order valence-electron chi connectivity index (χ0n) is 35.6. The van der Waals surface area contributed by atoms with E-state index in [-0.39, 0.29) is 5.41 Å². The largest absolute Gasteiger partial charge is 0.0713 e. The molecular formula is C64H44. The summed E-state index contributed by atoms with van der Waals surface area (Å²) in [7, 11) is 0. The molecule has 0 radical (unpaired) electrons. The average molecular weight is 813 g/mol. The van der Waals surface area contributed by atoms with Crippen molar-refractivity contribution in [1.29, 1.82) is 0 Å². The molecule has 64 heavy (non-hydrogen) atoms. The summed E-state index contributed by atoms with van der Waals surface area (Å²) in [6.07, 6.45) is 3.11. The van der Waals surface area contributed by atoms with E-state index in [4.69, 9.17) is 0 Å². The summed E-state index contributed by atoms with van der Waals surface area (Å²) in [4.78, 5) is 0. The lowest BCUT2D eigenvalue weighted by molar-refractivity contribution is 0.769. The van der Waals surface area contributed by atoms with Crippen LogP contribution in [0.1, 0.15) is 55.6 Å². The monoisotopic (exact) mass is 812 g/mol. The lowest BCUT2D eigenvalue weighted by Gasteiger charge is -2.34. The van der Waals surface area contributed by atoms with E-state index in [1.54, 1.807) is 0 Å². The lowest BCUT2D eigenvalue weighted by Crippen LogP contribution is -2.28. The highest BCUT2D eigenvalue weighted by Crippen LogP contribution is 2.57. The van der Waals surface area contributed by atoms with Crippen molar-refractivity contribution < 1.29 is 0 Å². The maximum Gasteiger partial charge on any atom is 0.0713 e. The quantitative estimate of drug-likeness (QED) is 0.166. The topological polar surface area (TPSA) is 0 Å². The number of rotatable bonds is 4. The van der Waals surface area contributed by atoms with E-state index < -0.39 is 0 Å². The molecule has 0 saturated heterocycles. The summed E-state index contributed by atoms with van der Waals surface area (Å²) in [6, 6.07) is 85.5. The minimum absolute atomic E-state index is 0.364. The molecule has 0 bridgehead atoms. The van der Waals surface area contributed by atoms with E-state index in [0.29, 0.717) is 0 Å². The first-order valence-corrected chi connectivity index (χ1v) is 22.7. The summed E-state index contributed by atoms with van der Waals surface area (Å²) in [5.74, 6) is 0. The molecule has 4 aliphatic carbocycles. The molecule has 0 saturated carbocycles. The molecule has 0 unspecified atom stereocenters. The Morgan fingerprint density at radius 2 is 0.531 bits per heavy atom. The van der Waals surface area contributed by atoms with E-state index in [1.165, 1.54) is 122 Å². The summed E-state index contributed by atoms with van der Waals surface area (Å²) in [5, 5.41) is 0. The Hall–Kier alpha value is -7.80. The fraction of sp³-hybridized carbons (Fsp3) is 0.0625. The van der Waals surface area contributed by atoms with E-state index >= 15 is 0 Å². The Balaban J connectivity index is 0.000000138. The van der Waals surface area contributed by atoms with Crippen LogP contribution in [0.2, 0.25) is 0 Å². The predicted molar refractivity (Wildman–Crippen MR) is 266 cm³/mol. The first kappa shape index (κ1) is 36.8. The molecule has 10 aromatic rings. The van der Waals surface area contributed by atoms with Gasteiger partial charge in [-0.05, 0) is 148 Å². The van der Waals surface area contributed by atoms with E-state index in [9.17, 15) is 0 Å². The molecule has 0 atom stereocenters. The third-order valence-electron chi connectivity index (χ3n) is 14.5. The van der Waals surface area contributed by atoms with E-state index in [2.05, 4.69) is 231 Å². The minimum atomic E-state index is -0.364. The van der Waals surface area contributed by atoms with Crippen LogP contribution in [0.4, 0.5) is 0 Å². The molecule has 14 rings (SSSR count). The van der Waals surface area contributed by atoms with Crippen molar-refractivity contribution in [2.45, 2.75) is 24.7 Å². The third kappa shape index (κ3) is 5.69. The fourth-order valence-corrected chi connectivity index (χ4v) is 11.6. The van der Waals surface area contributed by atoms with E-state index in [1.807, 2.05) is 0 Å². The van der Waals surface area contributed by atoms with Crippen LogP contribution in [0.25, 0.3) is 66.8 Å². The SMILES string of the molecule is c1ccc(C2(c3ccccc3)c3ccccc3-c3ccc(-c4ccc5c(c4)Cc4ccccc4-5)cc32)cc1.c1ccc2c(c1)Cc1cc(-c3ccc4c(c3)Cc3ccccc3-4)ccc1-2. The van der Waals surface area contributed by atoms with Gasteiger partial charge in [0.25, 0.3) is 0 Å². The second-order valence-corrected chi connectivity index (χ2v) is 17.9. The molecule has 0 aliphatic heterocycles. The van der Waals surface area contributed by atoms with Gasteiger partial charge < -0.3 is 0 Å². The third-order valence-corrected chi connectivity index (χ3v) is 14.5. The van der Waals surface area contributed by atoms with Gasteiger partial charge in [0.2, 0.25) is 0 Å². The van der Waals surface area contributed by atoms with Crippen molar-refractivity contribution in [3.05, 3.63) is 286 Å². The zero-order chi connectivity index (χ0) is 42.2. The number of hydrogen-bond donors (Lipinski definition) is 0. The second kappa shape index (κ2) is 14.7. The van der Waals surface area contributed by atoms with Gasteiger partial charge in [0.15, 0.2) is 0 Å². The molecule has 0 heterocycles. The highest BCUT2D eigenvalue weighted by molar-refractivity contribution is 5.89. The lowest BCUT2D eigenvalue weighted by atomic mass is 9.67. The first-order chi connectivity index (χ1) is 31.7. The van der Waals surface area contributed by atoms with Gasteiger partial charge in [0.1, 0.15) is 0 Å². The van der Waals surface area contributed by atoms with Crippen LogP contribution in [0.5, 0.6) is 0 Å². The summed E-state index contributed by atoms with van der Waals surface area (Å²) in [6.45, 7) is 0. The van der Waals surface area contributed by atoms with Gasteiger partial charge in [-0.3, -0.25) is 0 Å². The van der Waals surface area contributed by atoms with Crippen molar-refractivity contribution in [2.24, 2.45) is 0 Å². The summed E-state index contributed by atoms with van der Waals surface area (Å²) >= 11 is 0. The summed E-state index contributed by atoms with van der Waals surface area (Å²) < 4.78 is 0. The van der Waals surface area contributed by atoms with Gasteiger partial charge in [0, 0.05) is 0 Å². The molecule has 0 heteroatoms. The normalized spacial score (nSPS) is 13.6. The minimum Gasteiger partial charge on any atom is -0.0622 e. The Kier molecular flexibility index (Phi) is 8.43. The van der Waals surface area contributed by atoms with Gasteiger partial charge in [-0.2, -0.15) is 0 Å². The molecular weight excluding hydrogens is 769 g/mol. The van der Waals surface area contributed by atoms with Gasteiger partial charge in [-0.15, -0.1) is 0 Å². The molecule has 0 nitrogen and oxygen atoms in total. The van der Waals surface area contributed by atoms with E-state index in [0.717, 1.165) is 19.3 Å². The molecule has 300 valence electrons. The van der Waals surface area contributed by atoms with Crippen LogP contribution in [-0.4, -0.2) is 0 Å². The standard InChI is InChI=1S/C38H26.C26H18/c1-3-12-30(13-4-1)38(31-14-5-2-6-15-31)36-18-10-9-17-34(36)35-22-20-27(25-37(35)38)26-19-21-33-29(23-26)24-28-11-7-8-16-32(28)33;1-3-7-23-19(5-1)15-21-13-17(9-11-25(21)23)18-10-12-26-22(14-18)16-20-6-2-4-8-24(20)26/h1-23,25H,24H2;1-14H,15-16H2. The Bertz CT molecular complexity index is 3330. The van der Waals surface area contributed by atoms with Crippen molar-refractivity contribution >= 4 is 0 Å². The van der Waals surface area contributed by atoms with Gasteiger partial charge in [0.05, 0.1) is 5.41 Å². The first-order valence-electron chi connectivity index (χ1n) is 22.7. The number of fused-ring (bicyclic) bond motifs is 12. The van der Waals surface area contributed by atoms with Crippen LogP contribution >= 0.6 is 0 Å². The highest BCUT2D eigenvalue weighted by atomic mass is 14.5. The average Bonchev–Trinajstić information content (AvgIpc) is 4.12. The van der Waals surface area contributed by atoms with Gasteiger partial charge in [-0.25, -0.2) is 0 Å². The van der Waals surface area contributed by atoms with Gasteiger partial charge in [-0.1, -0.05) is 224 Å². The van der Waals surface area contributed by atoms with Gasteiger partial charge >= 0.3 is 0 Å². The van der Waals surface area contributed by atoms with Crippen LogP contribution in [0.15, 0.2) is 231 Å². The Labute approximate surface area is 375 Å². The Morgan fingerprint density at radius 1 is 0.219 bits per heavy atom. The predicted octanol–water partition coefficient (Wildman–Crippen LogP) is 15.8. The second-order valence-electron chi connectivity index (χ2n) is 17.9. The Morgan fingerprint density at radius 3 is 0.969 bits per heavy atom. The molecule has 10 aromatic carbocycles. The maximum absolute atomic E-state index is 2.46. The highest BCUT2D eigenvalue weighted by Gasteiger charge is 2.46. The summed E-state index contributed by atoms with van der Waals surface area (Å²) in [5.41, 5.74) is 29.8. The number of hydrogen-bond acceptors (Lipinski definition) is 0. The maximum atomic E-state index is 2.46. The van der Waals surface area contributed by atoms with Crippen LogP contribution in [0.3, 0.4) is 0 Å². The fourth-order valence-electron chi connectivity index (χ4n) is 11.6.